The number of rotatable bonds is 3. The van der Waals surface area contributed by atoms with Gasteiger partial charge in [-0.15, -0.1) is 0 Å². The number of hydrogen-bond donors (Lipinski definition) is 1. The fraction of sp³-hybridized carbons (Fsp3) is 0.273. The predicted octanol–water partition coefficient (Wildman–Crippen LogP) is 3.15. The van der Waals surface area contributed by atoms with E-state index in [1.54, 1.807) is 17.3 Å². The number of aromatic nitrogens is 1. The van der Waals surface area contributed by atoms with Gasteiger partial charge in [-0.05, 0) is 34.4 Å². The molecule has 1 saturated heterocycles. The predicted molar refractivity (Wildman–Crippen MR) is 102 cm³/mol. The van der Waals surface area contributed by atoms with Gasteiger partial charge in [0.15, 0.2) is 0 Å². The molecule has 0 bridgehead atoms. The minimum Gasteiger partial charge on any atom is -0.391 e. The Hall–Kier alpha value is -2.72. The van der Waals surface area contributed by atoms with Crippen molar-refractivity contribution in [3.05, 3.63) is 78.1 Å². The van der Waals surface area contributed by atoms with E-state index in [1.165, 1.54) is 10.8 Å². The molecule has 4 heteroatoms. The second-order valence-electron chi connectivity index (χ2n) is 6.95. The van der Waals surface area contributed by atoms with Gasteiger partial charge in [-0.3, -0.25) is 9.78 Å². The van der Waals surface area contributed by atoms with Crippen LogP contribution in [0, 0.1) is 0 Å². The Morgan fingerprint density at radius 3 is 2.73 bits per heavy atom. The van der Waals surface area contributed by atoms with Crippen LogP contribution in [0.3, 0.4) is 0 Å². The zero-order valence-corrected chi connectivity index (χ0v) is 14.6. The molecule has 0 aliphatic carbocycles. The number of aliphatic hydroxyl groups is 1. The van der Waals surface area contributed by atoms with Crippen molar-refractivity contribution in [2.45, 2.75) is 24.9 Å². The Labute approximate surface area is 153 Å². The molecule has 132 valence electrons. The van der Waals surface area contributed by atoms with Crippen LogP contribution in [0.15, 0.2) is 67.0 Å². The van der Waals surface area contributed by atoms with Crippen LogP contribution < -0.4 is 0 Å². The molecular weight excluding hydrogens is 324 g/mol. The minimum absolute atomic E-state index is 0.0500. The highest BCUT2D eigenvalue weighted by Gasteiger charge is 2.31. The van der Waals surface area contributed by atoms with Crippen LogP contribution in [0.25, 0.3) is 10.8 Å². The van der Waals surface area contributed by atoms with E-state index in [1.807, 2.05) is 24.3 Å². The maximum atomic E-state index is 12.5. The van der Waals surface area contributed by atoms with Crippen molar-refractivity contribution in [1.29, 1.82) is 0 Å². The molecule has 0 saturated carbocycles. The highest BCUT2D eigenvalue weighted by atomic mass is 16.3. The third-order valence-electron chi connectivity index (χ3n) is 5.21. The largest absolute Gasteiger partial charge is 0.391 e. The maximum Gasteiger partial charge on any atom is 0.227 e. The first kappa shape index (κ1) is 16.7. The fourth-order valence-electron chi connectivity index (χ4n) is 3.77. The van der Waals surface area contributed by atoms with E-state index in [9.17, 15) is 9.90 Å². The van der Waals surface area contributed by atoms with Crippen LogP contribution in [0.1, 0.15) is 23.5 Å². The first-order chi connectivity index (χ1) is 12.7. The smallest absolute Gasteiger partial charge is 0.227 e. The zero-order valence-electron chi connectivity index (χ0n) is 14.6. The molecule has 1 fully saturated rings. The summed E-state index contributed by atoms with van der Waals surface area (Å²) in [7, 11) is 0. The second kappa shape index (κ2) is 7.26. The van der Waals surface area contributed by atoms with Crippen molar-refractivity contribution < 1.29 is 9.90 Å². The van der Waals surface area contributed by atoms with E-state index in [4.69, 9.17) is 0 Å². The van der Waals surface area contributed by atoms with Crippen LogP contribution in [0.2, 0.25) is 0 Å². The molecule has 0 unspecified atom stereocenters. The highest BCUT2D eigenvalue weighted by Crippen LogP contribution is 2.30. The lowest BCUT2D eigenvalue weighted by Crippen LogP contribution is -2.46. The van der Waals surface area contributed by atoms with Crippen LogP contribution in [-0.4, -0.2) is 40.1 Å². The van der Waals surface area contributed by atoms with Crippen molar-refractivity contribution in [2.24, 2.45) is 0 Å². The second-order valence-corrected chi connectivity index (χ2v) is 6.95. The SMILES string of the molecule is O=C(Cc1cccnc1)N1CC[C@@H](c2ccc3ccccc3c2)[C@H](O)C1. The van der Waals surface area contributed by atoms with Gasteiger partial charge in [0.2, 0.25) is 5.91 Å². The summed E-state index contributed by atoms with van der Waals surface area (Å²) < 4.78 is 0. The molecule has 1 aliphatic rings. The fourth-order valence-corrected chi connectivity index (χ4v) is 3.77. The van der Waals surface area contributed by atoms with Gasteiger partial charge < -0.3 is 10.0 Å². The number of aliphatic hydroxyl groups excluding tert-OH is 1. The Balaban J connectivity index is 1.45. The summed E-state index contributed by atoms with van der Waals surface area (Å²) in [4.78, 5) is 18.3. The summed E-state index contributed by atoms with van der Waals surface area (Å²) in [5, 5.41) is 13.1. The van der Waals surface area contributed by atoms with Gasteiger partial charge in [0.05, 0.1) is 12.5 Å². The quantitative estimate of drug-likeness (QED) is 0.793. The number of pyridine rings is 1. The average molecular weight is 346 g/mol. The Kier molecular flexibility index (Phi) is 4.67. The van der Waals surface area contributed by atoms with Crippen LogP contribution in [0.4, 0.5) is 0 Å². The monoisotopic (exact) mass is 346 g/mol. The molecule has 0 spiro atoms. The lowest BCUT2D eigenvalue weighted by atomic mass is 9.86. The van der Waals surface area contributed by atoms with E-state index in [0.717, 1.165) is 17.5 Å². The van der Waals surface area contributed by atoms with E-state index in [-0.39, 0.29) is 11.8 Å². The number of hydrogen-bond acceptors (Lipinski definition) is 3. The van der Waals surface area contributed by atoms with Gasteiger partial charge in [-0.1, -0.05) is 48.5 Å². The van der Waals surface area contributed by atoms with Crippen LogP contribution in [-0.2, 0) is 11.2 Å². The van der Waals surface area contributed by atoms with Crippen LogP contribution >= 0.6 is 0 Å². The Bertz CT molecular complexity index is 910. The van der Waals surface area contributed by atoms with Gasteiger partial charge in [0, 0.05) is 31.4 Å². The van der Waals surface area contributed by atoms with Crippen molar-refractivity contribution >= 4 is 16.7 Å². The van der Waals surface area contributed by atoms with E-state index in [2.05, 4.69) is 35.3 Å². The Morgan fingerprint density at radius 1 is 1.12 bits per heavy atom. The molecule has 26 heavy (non-hydrogen) atoms. The first-order valence-electron chi connectivity index (χ1n) is 9.04. The van der Waals surface area contributed by atoms with E-state index < -0.39 is 6.10 Å². The Morgan fingerprint density at radius 2 is 1.96 bits per heavy atom. The summed E-state index contributed by atoms with van der Waals surface area (Å²) in [6, 6.07) is 18.4. The van der Waals surface area contributed by atoms with Crippen molar-refractivity contribution in [1.82, 2.24) is 9.88 Å². The van der Waals surface area contributed by atoms with Gasteiger partial charge in [0.25, 0.3) is 0 Å². The highest BCUT2D eigenvalue weighted by molar-refractivity contribution is 5.83. The molecule has 4 rings (SSSR count). The third-order valence-corrected chi connectivity index (χ3v) is 5.21. The summed E-state index contributed by atoms with van der Waals surface area (Å²) in [6.07, 6.45) is 3.99. The van der Waals surface area contributed by atoms with E-state index >= 15 is 0 Å². The number of fused-ring (bicyclic) bond motifs is 1. The maximum absolute atomic E-state index is 12.5. The number of β-amino-alcohol motifs (C(OH)–C–C–N with tert-alkyl or cyclic N) is 1. The van der Waals surface area contributed by atoms with Crippen molar-refractivity contribution in [2.75, 3.05) is 13.1 Å². The molecule has 1 aromatic heterocycles. The molecule has 1 aliphatic heterocycles. The van der Waals surface area contributed by atoms with E-state index in [0.29, 0.717) is 19.5 Å². The lowest BCUT2D eigenvalue weighted by molar-refractivity contribution is -0.134. The van der Waals surface area contributed by atoms with Gasteiger partial charge in [0.1, 0.15) is 0 Å². The number of nitrogens with zero attached hydrogens (tertiary/aromatic N) is 2. The lowest BCUT2D eigenvalue weighted by Gasteiger charge is -2.36. The number of amides is 1. The van der Waals surface area contributed by atoms with Crippen LogP contribution in [0.5, 0.6) is 0 Å². The van der Waals surface area contributed by atoms with Gasteiger partial charge >= 0.3 is 0 Å². The number of piperidine rings is 1. The standard InChI is InChI=1S/C22H22N2O2/c25-21-15-24(22(26)12-16-4-3-10-23-14-16)11-9-20(21)19-8-7-17-5-1-2-6-18(17)13-19/h1-8,10,13-14,20-21,25H,9,11-12,15H2/t20-,21+/m0/s1. The molecular formula is C22H22N2O2. The summed E-state index contributed by atoms with van der Waals surface area (Å²) in [6.45, 7) is 1.06. The normalized spacial score (nSPS) is 20.3. The first-order valence-corrected chi connectivity index (χ1v) is 9.04. The van der Waals surface area contributed by atoms with Gasteiger partial charge in [-0.25, -0.2) is 0 Å². The molecule has 4 nitrogen and oxygen atoms in total. The zero-order chi connectivity index (χ0) is 17.9. The summed E-state index contributed by atoms with van der Waals surface area (Å²) >= 11 is 0. The number of carbonyl (C=O) groups is 1. The summed E-state index contributed by atoms with van der Waals surface area (Å²) in [5.74, 6) is 0.121. The summed E-state index contributed by atoms with van der Waals surface area (Å²) in [5.41, 5.74) is 2.05. The molecule has 1 amide bonds. The van der Waals surface area contributed by atoms with Crippen molar-refractivity contribution in [3.63, 3.8) is 0 Å². The molecule has 2 heterocycles. The topological polar surface area (TPSA) is 53.4 Å². The molecule has 3 aromatic rings. The molecule has 1 N–H and O–H groups in total. The molecule has 0 radical (unpaired) electrons. The average Bonchev–Trinajstić information content (AvgIpc) is 2.68. The third kappa shape index (κ3) is 3.46. The van der Waals surface area contributed by atoms with Gasteiger partial charge in [-0.2, -0.15) is 0 Å². The minimum atomic E-state index is -0.539. The van der Waals surface area contributed by atoms with Crippen molar-refractivity contribution in [3.8, 4) is 0 Å². The number of benzene rings is 2. The number of likely N-dealkylation sites (tertiary alicyclic amines) is 1. The molecule has 2 atom stereocenters. The number of carbonyl (C=O) groups excluding carboxylic acids is 1. The molecule has 2 aromatic carbocycles.